The highest BCUT2D eigenvalue weighted by Gasteiger charge is 2.43. The first-order valence-electron chi connectivity index (χ1n) is 20.0. The summed E-state index contributed by atoms with van der Waals surface area (Å²) in [6.45, 7) is 14.5. The number of aliphatic carboxylic acids is 1. The van der Waals surface area contributed by atoms with Crippen molar-refractivity contribution in [2.75, 3.05) is 41.9 Å². The van der Waals surface area contributed by atoms with Gasteiger partial charge in [-0.3, -0.25) is 28.9 Å². The number of hydrogen-bond donors (Lipinski definition) is 1. The molecular formula is C43H71N3O8. The fourth-order valence-electron chi connectivity index (χ4n) is 8.66. The first kappa shape index (κ1) is 47.0. The highest BCUT2D eigenvalue weighted by Crippen LogP contribution is 2.32. The third-order valence-corrected chi connectivity index (χ3v) is 11.5. The molecule has 9 atom stereocenters. The lowest BCUT2D eigenvalue weighted by molar-refractivity contribution is -0.149. The van der Waals surface area contributed by atoms with Crippen LogP contribution in [-0.4, -0.2) is 121 Å². The van der Waals surface area contributed by atoms with Gasteiger partial charge in [0.2, 0.25) is 11.8 Å². The Labute approximate surface area is 325 Å². The number of ketones is 2. The van der Waals surface area contributed by atoms with E-state index < -0.39 is 42.0 Å². The van der Waals surface area contributed by atoms with E-state index >= 15 is 0 Å². The molecule has 1 aliphatic heterocycles. The van der Waals surface area contributed by atoms with Gasteiger partial charge in [-0.25, -0.2) is 0 Å². The summed E-state index contributed by atoms with van der Waals surface area (Å²) in [6.07, 6.45) is 1.77. The van der Waals surface area contributed by atoms with Crippen LogP contribution in [-0.2, 0) is 39.9 Å². The second-order valence-corrected chi connectivity index (χ2v) is 16.6. The highest BCUT2D eigenvalue weighted by molar-refractivity contribution is 5.90. The molecule has 0 bridgehead atoms. The van der Waals surface area contributed by atoms with Crippen molar-refractivity contribution in [3.63, 3.8) is 0 Å². The number of carbonyl (C=O) groups excluding carboxylic acids is 4. The molecule has 0 unspecified atom stereocenters. The summed E-state index contributed by atoms with van der Waals surface area (Å²) in [4.78, 5) is 73.4. The maximum atomic E-state index is 14.4. The monoisotopic (exact) mass is 758 g/mol. The SMILES string of the molecule is CC[C@H](C)[C@@H]([C@@H](CC(=O)N1CCC[C@H]1[C@H](OC)[C@@H](C)C(=O)C[C@@H](Cc1ccccc1)C(=O)O)OC)N(C)C(=O)[C@@H](CC(=O)[C@H](C(C)C)N(C)C)CC(C)C. The molecule has 306 valence electrons. The van der Waals surface area contributed by atoms with Crippen LogP contribution in [0.3, 0.4) is 0 Å². The Morgan fingerprint density at radius 2 is 1.48 bits per heavy atom. The number of nitrogens with zero attached hydrogens (tertiary/aromatic N) is 3. The van der Waals surface area contributed by atoms with Gasteiger partial charge in [0.1, 0.15) is 5.78 Å². The minimum atomic E-state index is -1.02. The van der Waals surface area contributed by atoms with Crippen LogP contribution in [0, 0.1) is 35.5 Å². The molecule has 11 nitrogen and oxygen atoms in total. The van der Waals surface area contributed by atoms with Gasteiger partial charge in [-0.05, 0) is 63.1 Å². The standard InChI is InChI=1S/C43H71N3O8/c1-13-29(6)40(45(10)42(50)32(22-27(2)3)24-36(48)39(28(4)5)44(8)9)37(53-11)26-38(49)46-21-17-20-34(46)41(54-12)30(7)35(47)25-33(43(51)52)23-31-18-15-14-16-19-31/h14-16,18-19,27-30,32-34,37,39-41H,13,17,20-26H2,1-12H3,(H,51,52)/t29-,30-,32+,33+,34-,37+,39-,40-,41+/m0/s1. The molecule has 1 N–H and O–H groups in total. The molecule has 0 aromatic heterocycles. The zero-order valence-electron chi connectivity index (χ0n) is 35.2. The van der Waals surface area contributed by atoms with Crippen LogP contribution in [0.15, 0.2) is 30.3 Å². The van der Waals surface area contributed by atoms with Crippen LogP contribution in [0.4, 0.5) is 0 Å². The molecule has 11 heteroatoms. The zero-order valence-corrected chi connectivity index (χ0v) is 35.2. The molecular weight excluding hydrogens is 686 g/mol. The minimum Gasteiger partial charge on any atom is -0.481 e. The van der Waals surface area contributed by atoms with Gasteiger partial charge in [-0.15, -0.1) is 0 Å². The van der Waals surface area contributed by atoms with Crippen LogP contribution in [0.2, 0.25) is 0 Å². The van der Waals surface area contributed by atoms with Gasteiger partial charge >= 0.3 is 5.97 Å². The molecule has 2 amide bonds. The number of Topliss-reactive ketones (excluding diaryl/α,β-unsaturated/α-hetero) is 2. The number of carboxylic acid groups (broad SMARTS) is 1. The molecule has 1 fully saturated rings. The van der Waals surface area contributed by atoms with E-state index in [1.54, 1.807) is 30.9 Å². The second kappa shape index (κ2) is 22.4. The molecule has 54 heavy (non-hydrogen) atoms. The number of hydrogen-bond acceptors (Lipinski definition) is 8. The predicted octanol–water partition coefficient (Wildman–Crippen LogP) is 6.02. The molecule has 1 heterocycles. The number of amides is 2. The maximum Gasteiger partial charge on any atom is 0.307 e. The van der Waals surface area contributed by atoms with Crippen molar-refractivity contribution in [2.45, 2.75) is 130 Å². The zero-order chi connectivity index (χ0) is 40.9. The second-order valence-electron chi connectivity index (χ2n) is 16.6. The fourth-order valence-corrected chi connectivity index (χ4v) is 8.66. The smallest absolute Gasteiger partial charge is 0.307 e. The van der Waals surface area contributed by atoms with Gasteiger partial charge in [-0.1, -0.05) is 85.2 Å². The lowest BCUT2D eigenvalue weighted by atomic mass is 9.84. The van der Waals surface area contributed by atoms with Gasteiger partial charge in [-0.2, -0.15) is 0 Å². The first-order chi connectivity index (χ1) is 25.4. The summed E-state index contributed by atoms with van der Waals surface area (Å²) in [7, 11) is 8.67. The van der Waals surface area contributed by atoms with Gasteiger partial charge < -0.3 is 24.4 Å². The number of likely N-dealkylation sites (tertiary alicyclic amines) is 1. The molecule has 1 aromatic carbocycles. The molecule has 0 saturated carbocycles. The Morgan fingerprint density at radius 1 is 0.870 bits per heavy atom. The van der Waals surface area contributed by atoms with E-state index in [2.05, 4.69) is 27.7 Å². The van der Waals surface area contributed by atoms with Gasteiger partial charge in [0.25, 0.3) is 0 Å². The fraction of sp³-hybridized carbons (Fsp3) is 0.744. The largest absolute Gasteiger partial charge is 0.481 e. The average Bonchev–Trinajstić information content (AvgIpc) is 3.60. The lowest BCUT2D eigenvalue weighted by Gasteiger charge is -2.40. The number of carbonyl (C=O) groups is 5. The lowest BCUT2D eigenvalue weighted by Crippen LogP contribution is -2.54. The van der Waals surface area contributed by atoms with Gasteiger partial charge in [0.05, 0.1) is 42.7 Å². The van der Waals surface area contributed by atoms with Crippen molar-refractivity contribution < 1.29 is 38.6 Å². The van der Waals surface area contributed by atoms with Crippen molar-refractivity contribution in [1.82, 2.24) is 14.7 Å². The molecule has 0 aliphatic carbocycles. The Hall–Kier alpha value is -3.15. The Balaban J connectivity index is 2.29. The van der Waals surface area contributed by atoms with Crippen LogP contribution >= 0.6 is 0 Å². The molecule has 1 aliphatic rings. The van der Waals surface area contributed by atoms with E-state index in [1.165, 1.54) is 7.11 Å². The van der Waals surface area contributed by atoms with E-state index in [-0.39, 0.29) is 78.9 Å². The summed E-state index contributed by atoms with van der Waals surface area (Å²) in [5.41, 5.74) is 0.852. The molecule has 1 saturated heterocycles. The van der Waals surface area contributed by atoms with Crippen molar-refractivity contribution in [2.24, 2.45) is 35.5 Å². The minimum absolute atomic E-state index is 0.00546. The third kappa shape index (κ3) is 13.0. The van der Waals surface area contributed by atoms with Crippen LogP contribution in [0.5, 0.6) is 0 Å². The third-order valence-electron chi connectivity index (χ3n) is 11.5. The quantitative estimate of drug-likeness (QED) is 0.135. The normalized spacial score (nSPS) is 19.2. The van der Waals surface area contributed by atoms with Crippen molar-refractivity contribution in [1.29, 1.82) is 0 Å². The first-order valence-corrected chi connectivity index (χ1v) is 20.0. The van der Waals surface area contributed by atoms with Crippen LogP contribution in [0.25, 0.3) is 0 Å². The van der Waals surface area contributed by atoms with Crippen LogP contribution in [0.1, 0.15) is 99.0 Å². The summed E-state index contributed by atoms with van der Waals surface area (Å²) < 4.78 is 12.0. The van der Waals surface area contributed by atoms with E-state index in [4.69, 9.17) is 9.47 Å². The number of methoxy groups -OCH3 is 2. The summed E-state index contributed by atoms with van der Waals surface area (Å²) in [5.74, 6) is -3.15. The summed E-state index contributed by atoms with van der Waals surface area (Å²) in [5, 5.41) is 9.95. The van der Waals surface area contributed by atoms with E-state index in [9.17, 15) is 29.1 Å². The van der Waals surface area contributed by atoms with Crippen molar-refractivity contribution >= 4 is 29.4 Å². The number of benzene rings is 1. The molecule has 2 rings (SSSR count). The highest BCUT2D eigenvalue weighted by atomic mass is 16.5. The molecule has 1 aromatic rings. The topological polar surface area (TPSA) is 134 Å². The maximum absolute atomic E-state index is 14.4. The predicted molar refractivity (Wildman–Crippen MR) is 212 cm³/mol. The average molecular weight is 758 g/mol. The van der Waals surface area contributed by atoms with Crippen molar-refractivity contribution in [3.8, 4) is 0 Å². The van der Waals surface area contributed by atoms with E-state index in [0.29, 0.717) is 19.4 Å². The number of carboxylic acids is 1. The van der Waals surface area contributed by atoms with Crippen molar-refractivity contribution in [3.05, 3.63) is 35.9 Å². The molecule has 0 spiro atoms. The number of likely N-dealkylation sites (N-methyl/N-ethyl adjacent to an activating group) is 2. The summed E-state index contributed by atoms with van der Waals surface area (Å²) in [6, 6.07) is 8.19. The number of ether oxygens (including phenoxy) is 2. The summed E-state index contributed by atoms with van der Waals surface area (Å²) >= 11 is 0. The Kier molecular flexibility index (Phi) is 19.5. The van der Waals surface area contributed by atoms with Gasteiger partial charge in [0, 0.05) is 52.5 Å². The molecule has 0 radical (unpaired) electrons. The van der Waals surface area contributed by atoms with E-state index in [1.807, 2.05) is 63.2 Å². The van der Waals surface area contributed by atoms with Crippen LogP contribution < -0.4 is 0 Å². The Bertz CT molecular complexity index is 1340. The van der Waals surface area contributed by atoms with Gasteiger partial charge in [0.15, 0.2) is 5.78 Å². The Morgan fingerprint density at radius 3 is 1.98 bits per heavy atom. The number of rotatable bonds is 24. The van der Waals surface area contributed by atoms with E-state index in [0.717, 1.165) is 18.4 Å².